The lowest BCUT2D eigenvalue weighted by Gasteiger charge is -2.15. The minimum absolute atomic E-state index is 0.168. The third-order valence-electron chi connectivity index (χ3n) is 3.13. The van der Waals surface area contributed by atoms with Crippen LogP contribution in [0.4, 0.5) is 6.01 Å². The van der Waals surface area contributed by atoms with Gasteiger partial charge in [-0.2, -0.15) is 0 Å². The Kier molecular flexibility index (Phi) is 6.18. The van der Waals surface area contributed by atoms with Crippen LogP contribution >= 0.6 is 0 Å². The monoisotopic (exact) mass is 290 g/mol. The molecule has 1 aromatic carbocycles. The van der Waals surface area contributed by atoms with Crippen molar-refractivity contribution in [3.8, 4) is 0 Å². The van der Waals surface area contributed by atoms with E-state index in [-0.39, 0.29) is 6.04 Å². The van der Waals surface area contributed by atoms with Crippen molar-refractivity contribution in [1.82, 2.24) is 15.5 Å². The zero-order valence-corrected chi connectivity index (χ0v) is 12.5. The van der Waals surface area contributed by atoms with E-state index < -0.39 is 0 Å². The molecule has 21 heavy (non-hydrogen) atoms. The fourth-order valence-electron chi connectivity index (χ4n) is 2.01. The van der Waals surface area contributed by atoms with E-state index in [2.05, 4.69) is 39.9 Å². The number of nitrogens with one attached hydrogen (secondary N) is 2. The SMILES string of the molecule is CCC(Nc1nnc(CNCCOC)o1)c1ccccc1. The molecule has 0 radical (unpaired) electrons. The highest BCUT2D eigenvalue weighted by atomic mass is 16.5. The average molecular weight is 290 g/mol. The predicted octanol–water partition coefficient (Wildman–Crippen LogP) is 2.37. The fourth-order valence-corrected chi connectivity index (χ4v) is 2.01. The molecule has 0 amide bonds. The molecule has 0 aliphatic carbocycles. The molecule has 0 spiro atoms. The van der Waals surface area contributed by atoms with E-state index in [0.29, 0.717) is 25.1 Å². The summed E-state index contributed by atoms with van der Waals surface area (Å²) in [7, 11) is 1.67. The molecule has 2 rings (SSSR count). The van der Waals surface area contributed by atoms with E-state index in [1.807, 2.05) is 18.2 Å². The Labute approximate surface area is 124 Å². The quantitative estimate of drug-likeness (QED) is 0.691. The van der Waals surface area contributed by atoms with Crippen LogP contribution in [0, 0.1) is 0 Å². The van der Waals surface area contributed by atoms with Crippen LogP contribution in [0.1, 0.15) is 30.8 Å². The number of nitrogens with zero attached hydrogens (tertiary/aromatic N) is 2. The second-order valence-corrected chi connectivity index (χ2v) is 4.69. The van der Waals surface area contributed by atoms with Crippen molar-refractivity contribution in [2.75, 3.05) is 25.6 Å². The van der Waals surface area contributed by atoms with Crippen LogP contribution in [-0.2, 0) is 11.3 Å². The lowest BCUT2D eigenvalue weighted by molar-refractivity contribution is 0.198. The lowest BCUT2D eigenvalue weighted by atomic mass is 10.1. The van der Waals surface area contributed by atoms with Gasteiger partial charge in [0.05, 0.1) is 19.2 Å². The summed E-state index contributed by atoms with van der Waals surface area (Å²) < 4.78 is 10.5. The number of anilines is 1. The topological polar surface area (TPSA) is 72.2 Å². The average Bonchev–Trinajstić information content (AvgIpc) is 2.98. The summed E-state index contributed by atoms with van der Waals surface area (Å²) in [5, 5.41) is 14.5. The summed E-state index contributed by atoms with van der Waals surface area (Å²) in [6.45, 7) is 4.07. The summed E-state index contributed by atoms with van der Waals surface area (Å²) in [5.74, 6) is 0.566. The second kappa shape index (κ2) is 8.39. The Morgan fingerprint density at radius 2 is 2.05 bits per heavy atom. The maximum absolute atomic E-state index is 5.58. The van der Waals surface area contributed by atoms with Crippen LogP contribution in [0.3, 0.4) is 0 Å². The maximum atomic E-state index is 5.58. The molecule has 1 atom stereocenters. The molecule has 6 nitrogen and oxygen atoms in total. The fraction of sp³-hybridized carbons (Fsp3) is 0.467. The number of benzene rings is 1. The highest BCUT2D eigenvalue weighted by Crippen LogP contribution is 2.21. The lowest BCUT2D eigenvalue weighted by Crippen LogP contribution is -2.18. The first-order chi connectivity index (χ1) is 10.3. The smallest absolute Gasteiger partial charge is 0.315 e. The maximum Gasteiger partial charge on any atom is 0.315 e. The minimum atomic E-state index is 0.168. The highest BCUT2D eigenvalue weighted by molar-refractivity contribution is 5.28. The van der Waals surface area contributed by atoms with E-state index in [1.54, 1.807) is 7.11 Å². The van der Waals surface area contributed by atoms with Gasteiger partial charge in [0.15, 0.2) is 0 Å². The van der Waals surface area contributed by atoms with Gasteiger partial charge >= 0.3 is 6.01 Å². The molecule has 1 heterocycles. The minimum Gasteiger partial charge on any atom is -0.407 e. The zero-order valence-electron chi connectivity index (χ0n) is 12.5. The molecule has 2 aromatic rings. The molecule has 0 fully saturated rings. The third-order valence-corrected chi connectivity index (χ3v) is 3.13. The van der Waals surface area contributed by atoms with Gasteiger partial charge in [0.1, 0.15) is 0 Å². The number of hydrogen-bond acceptors (Lipinski definition) is 6. The van der Waals surface area contributed by atoms with Crippen molar-refractivity contribution in [2.45, 2.75) is 25.9 Å². The normalized spacial score (nSPS) is 12.3. The van der Waals surface area contributed by atoms with Crippen molar-refractivity contribution in [1.29, 1.82) is 0 Å². The molecule has 0 aliphatic heterocycles. The van der Waals surface area contributed by atoms with Gasteiger partial charge in [0.25, 0.3) is 0 Å². The van der Waals surface area contributed by atoms with Crippen LogP contribution in [0.2, 0.25) is 0 Å². The number of aromatic nitrogens is 2. The first-order valence-electron chi connectivity index (χ1n) is 7.17. The van der Waals surface area contributed by atoms with E-state index >= 15 is 0 Å². The van der Waals surface area contributed by atoms with Gasteiger partial charge in [-0.25, -0.2) is 0 Å². The van der Waals surface area contributed by atoms with Gasteiger partial charge in [0, 0.05) is 13.7 Å². The Balaban J connectivity index is 1.89. The van der Waals surface area contributed by atoms with E-state index in [0.717, 1.165) is 13.0 Å². The van der Waals surface area contributed by atoms with Crippen LogP contribution in [0.15, 0.2) is 34.7 Å². The third kappa shape index (κ3) is 4.84. The van der Waals surface area contributed by atoms with Gasteiger partial charge in [-0.15, -0.1) is 5.10 Å². The Hall–Kier alpha value is -1.92. The van der Waals surface area contributed by atoms with Crippen molar-refractivity contribution in [3.05, 3.63) is 41.8 Å². The first kappa shape index (κ1) is 15.5. The zero-order chi connectivity index (χ0) is 14.9. The molecule has 0 saturated carbocycles. The Morgan fingerprint density at radius 3 is 2.76 bits per heavy atom. The Morgan fingerprint density at radius 1 is 1.24 bits per heavy atom. The summed E-state index contributed by atoms with van der Waals surface area (Å²) in [6.07, 6.45) is 0.938. The molecule has 114 valence electrons. The van der Waals surface area contributed by atoms with Crippen molar-refractivity contribution < 1.29 is 9.15 Å². The van der Waals surface area contributed by atoms with Gasteiger partial charge in [-0.05, 0) is 12.0 Å². The molecule has 1 unspecified atom stereocenters. The largest absolute Gasteiger partial charge is 0.407 e. The number of hydrogen-bond donors (Lipinski definition) is 2. The summed E-state index contributed by atoms with van der Waals surface area (Å²) >= 11 is 0. The molecule has 1 aromatic heterocycles. The standard InChI is InChI=1S/C15H22N4O2/c1-3-13(12-7-5-4-6-8-12)17-15-19-18-14(21-15)11-16-9-10-20-2/h4-8,13,16H,3,9-11H2,1-2H3,(H,17,19). The predicted molar refractivity (Wildman–Crippen MR) is 81.0 cm³/mol. The molecular weight excluding hydrogens is 268 g/mol. The van der Waals surface area contributed by atoms with Crippen LogP contribution in [-0.4, -0.2) is 30.5 Å². The number of methoxy groups -OCH3 is 1. The Bertz CT molecular complexity index is 515. The number of rotatable bonds is 9. The molecular formula is C15H22N4O2. The highest BCUT2D eigenvalue weighted by Gasteiger charge is 2.12. The van der Waals surface area contributed by atoms with Gasteiger partial charge < -0.3 is 19.8 Å². The van der Waals surface area contributed by atoms with Crippen LogP contribution in [0.5, 0.6) is 0 Å². The van der Waals surface area contributed by atoms with Crippen molar-refractivity contribution >= 4 is 6.01 Å². The summed E-state index contributed by atoms with van der Waals surface area (Å²) in [4.78, 5) is 0. The molecule has 0 aliphatic rings. The van der Waals surface area contributed by atoms with Crippen LogP contribution in [0.25, 0.3) is 0 Å². The molecule has 0 saturated heterocycles. The summed E-state index contributed by atoms with van der Waals surface area (Å²) in [5.41, 5.74) is 1.21. The van der Waals surface area contributed by atoms with Gasteiger partial charge in [-0.3, -0.25) is 0 Å². The van der Waals surface area contributed by atoms with Crippen molar-refractivity contribution in [2.24, 2.45) is 0 Å². The molecule has 0 bridgehead atoms. The van der Waals surface area contributed by atoms with Crippen LogP contribution < -0.4 is 10.6 Å². The van der Waals surface area contributed by atoms with Crippen molar-refractivity contribution in [3.63, 3.8) is 0 Å². The van der Waals surface area contributed by atoms with E-state index in [9.17, 15) is 0 Å². The second-order valence-electron chi connectivity index (χ2n) is 4.69. The summed E-state index contributed by atoms with van der Waals surface area (Å²) in [6, 6.07) is 10.9. The first-order valence-corrected chi connectivity index (χ1v) is 7.17. The van der Waals surface area contributed by atoms with E-state index in [4.69, 9.17) is 9.15 Å². The number of ether oxygens (including phenoxy) is 1. The van der Waals surface area contributed by atoms with E-state index in [1.165, 1.54) is 5.56 Å². The molecule has 6 heteroatoms. The van der Waals surface area contributed by atoms with Gasteiger partial charge in [-0.1, -0.05) is 42.4 Å². The molecule has 2 N–H and O–H groups in total. The van der Waals surface area contributed by atoms with Gasteiger partial charge in [0.2, 0.25) is 5.89 Å².